The summed E-state index contributed by atoms with van der Waals surface area (Å²) in [6, 6.07) is 15.6. The smallest absolute Gasteiger partial charge is 0.291 e. The van der Waals surface area contributed by atoms with Gasteiger partial charge in [-0.15, -0.1) is 0 Å². The van der Waals surface area contributed by atoms with Crippen molar-refractivity contribution in [3.63, 3.8) is 0 Å². The maximum Gasteiger partial charge on any atom is 0.291 e. The number of nitrogens with zero attached hydrogens (tertiary/aromatic N) is 4. The van der Waals surface area contributed by atoms with Crippen LogP contribution in [0.3, 0.4) is 0 Å². The first-order valence-electron chi connectivity index (χ1n) is 11.4. The molecule has 7 heteroatoms. The number of carbonyl (C=O) groups is 1. The Kier molecular flexibility index (Phi) is 5.71. The number of piperidine rings is 1. The molecule has 1 amide bonds. The van der Waals surface area contributed by atoms with Crippen molar-refractivity contribution in [2.75, 3.05) is 13.1 Å². The van der Waals surface area contributed by atoms with Gasteiger partial charge in [0.2, 0.25) is 5.91 Å². The second kappa shape index (κ2) is 8.67. The topological polar surface area (TPSA) is 60.1 Å². The van der Waals surface area contributed by atoms with Gasteiger partial charge in [0.15, 0.2) is 0 Å². The number of benzene rings is 2. The van der Waals surface area contributed by atoms with Crippen LogP contribution in [0.15, 0.2) is 59.5 Å². The standard InChI is InChI=1S/C26H27ClN4O2/c1-17-11-18(2)14-29(13-17)24(32)16-31-26(33)25-22(12-28-31)21-5-3-4-6-23(21)30(25)15-19-7-9-20(27)10-8-19/h3-10,12,17-18H,11,13-16H2,1-2H3/t17-,18+. The molecule has 4 aromatic rings. The molecule has 0 bridgehead atoms. The van der Waals surface area contributed by atoms with Crippen molar-refractivity contribution in [3.05, 3.63) is 75.7 Å². The molecule has 0 saturated carbocycles. The van der Waals surface area contributed by atoms with Crippen LogP contribution in [0.5, 0.6) is 0 Å². The molecule has 1 fully saturated rings. The van der Waals surface area contributed by atoms with Crippen LogP contribution in [0.2, 0.25) is 5.02 Å². The van der Waals surface area contributed by atoms with Gasteiger partial charge in [-0.1, -0.05) is 55.8 Å². The molecule has 2 aromatic carbocycles. The minimum Gasteiger partial charge on any atom is -0.341 e. The predicted octanol–water partition coefficient (Wildman–Crippen LogP) is 4.56. The second-order valence-electron chi connectivity index (χ2n) is 9.34. The van der Waals surface area contributed by atoms with E-state index in [1.807, 2.05) is 58.0 Å². The summed E-state index contributed by atoms with van der Waals surface area (Å²) in [5.41, 5.74) is 2.32. The van der Waals surface area contributed by atoms with Gasteiger partial charge >= 0.3 is 0 Å². The highest BCUT2D eigenvalue weighted by atomic mass is 35.5. The summed E-state index contributed by atoms with van der Waals surface area (Å²) in [6.07, 6.45) is 2.84. The average molecular weight is 463 g/mol. The number of aromatic nitrogens is 3. The molecular formula is C26H27ClN4O2. The Balaban J connectivity index is 1.56. The highest BCUT2D eigenvalue weighted by Crippen LogP contribution is 2.27. The number of fused-ring (bicyclic) bond motifs is 3. The maximum absolute atomic E-state index is 13.6. The van der Waals surface area contributed by atoms with Gasteiger partial charge in [0.25, 0.3) is 5.56 Å². The van der Waals surface area contributed by atoms with Crippen molar-refractivity contribution < 1.29 is 4.79 Å². The third-order valence-corrected chi connectivity index (χ3v) is 6.79. The first-order chi connectivity index (χ1) is 15.9. The molecule has 0 radical (unpaired) electrons. The Bertz CT molecular complexity index is 1380. The van der Waals surface area contributed by atoms with E-state index in [-0.39, 0.29) is 18.0 Å². The van der Waals surface area contributed by atoms with Crippen molar-refractivity contribution in [2.24, 2.45) is 11.8 Å². The number of amides is 1. The van der Waals surface area contributed by atoms with Gasteiger partial charge in [-0.25, -0.2) is 4.68 Å². The number of hydrogen-bond donors (Lipinski definition) is 0. The SMILES string of the molecule is C[C@@H]1C[C@H](C)CN(C(=O)Cn2ncc3c4ccccc4n(Cc4ccc(Cl)cc4)c3c2=O)C1. The summed E-state index contributed by atoms with van der Waals surface area (Å²) in [6.45, 7) is 6.28. The predicted molar refractivity (Wildman–Crippen MR) is 132 cm³/mol. The number of para-hydroxylation sites is 1. The Labute approximate surface area is 197 Å². The van der Waals surface area contributed by atoms with Gasteiger partial charge in [0.1, 0.15) is 12.1 Å². The Hall–Kier alpha value is -3.12. The third-order valence-electron chi connectivity index (χ3n) is 6.53. The van der Waals surface area contributed by atoms with Crippen LogP contribution in [0.4, 0.5) is 0 Å². The van der Waals surface area contributed by atoms with E-state index in [0.717, 1.165) is 41.4 Å². The van der Waals surface area contributed by atoms with Crippen LogP contribution < -0.4 is 5.56 Å². The van der Waals surface area contributed by atoms with E-state index < -0.39 is 0 Å². The summed E-state index contributed by atoms with van der Waals surface area (Å²) >= 11 is 6.06. The molecule has 5 rings (SSSR count). The highest BCUT2D eigenvalue weighted by Gasteiger charge is 2.26. The zero-order chi connectivity index (χ0) is 23.1. The van der Waals surface area contributed by atoms with E-state index in [9.17, 15) is 9.59 Å². The van der Waals surface area contributed by atoms with E-state index in [0.29, 0.717) is 28.9 Å². The van der Waals surface area contributed by atoms with Crippen LogP contribution >= 0.6 is 11.6 Å². The van der Waals surface area contributed by atoms with Gasteiger partial charge in [0.05, 0.1) is 6.20 Å². The fourth-order valence-corrected chi connectivity index (χ4v) is 5.26. The maximum atomic E-state index is 13.6. The molecule has 1 aliphatic rings. The lowest BCUT2D eigenvalue weighted by atomic mass is 9.92. The first-order valence-corrected chi connectivity index (χ1v) is 11.8. The van der Waals surface area contributed by atoms with Gasteiger partial charge in [-0.05, 0) is 42.0 Å². The summed E-state index contributed by atoms with van der Waals surface area (Å²) in [4.78, 5) is 28.5. The van der Waals surface area contributed by atoms with Crippen LogP contribution in [-0.4, -0.2) is 38.2 Å². The van der Waals surface area contributed by atoms with Gasteiger partial charge in [-0.3, -0.25) is 9.59 Å². The van der Waals surface area contributed by atoms with Crippen LogP contribution in [0.25, 0.3) is 21.8 Å². The molecule has 1 saturated heterocycles. The number of likely N-dealkylation sites (tertiary alicyclic amines) is 1. The molecule has 0 aliphatic carbocycles. The molecule has 0 unspecified atom stereocenters. The summed E-state index contributed by atoms with van der Waals surface area (Å²) in [5.74, 6) is 0.876. The lowest BCUT2D eigenvalue weighted by Gasteiger charge is -2.35. The number of carbonyl (C=O) groups excluding carboxylic acids is 1. The monoisotopic (exact) mass is 462 g/mol. The molecule has 170 valence electrons. The Morgan fingerprint density at radius 3 is 2.45 bits per heavy atom. The lowest BCUT2D eigenvalue weighted by Crippen LogP contribution is -2.45. The number of hydrogen-bond acceptors (Lipinski definition) is 3. The van der Waals surface area contributed by atoms with Gasteiger partial charge in [0, 0.05) is 40.9 Å². The van der Waals surface area contributed by atoms with Crippen molar-refractivity contribution in [1.29, 1.82) is 0 Å². The summed E-state index contributed by atoms with van der Waals surface area (Å²) in [5, 5.41) is 6.84. The quantitative estimate of drug-likeness (QED) is 0.446. The third kappa shape index (κ3) is 4.15. The average Bonchev–Trinajstić information content (AvgIpc) is 3.11. The van der Waals surface area contributed by atoms with Crippen LogP contribution in [0, 0.1) is 11.8 Å². The largest absolute Gasteiger partial charge is 0.341 e. The van der Waals surface area contributed by atoms with Gasteiger partial charge in [-0.2, -0.15) is 5.10 Å². The minimum atomic E-state index is -0.246. The number of halogens is 1. The van der Waals surface area contributed by atoms with Crippen molar-refractivity contribution in [1.82, 2.24) is 19.2 Å². The minimum absolute atomic E-state index is 0.0450. The normalized spacial score (nSPS) is 18.8. The van der Waals surface area contributed by atoms with E-state index in [4.69, 9.17) is 11.6 Å². The Morgan fingerprint density at radius 2 is 1.73 bits per heavy atom. The molecular weight excluding hydrogens is 436 g/mol. The lowest BCUT2D eigenvalue weighted by molar-refractivity contribution is -0.134. The van der Waals surface area contributed by atoms with Crippen molar-refractivity contribution in [3.8, 4) is 0 Å². The van der Waals surface area contributed by atoms with Crippen molar-refractivity contribution in [2.45, 2.75) is 33.4 Å². The first kappa shape index (κ1) is 21.7. The zero-order valence-corrected chi connectivity index (χ0v) is 19.6. The summed E-state index contributed by atoms with van der Waals surface area (Å²) in [7, 11) is 0. The summed E-state index contributed by atoms with van der Waals surface area (Å²) < 4.78 is 3.33. The molecule has 2 aromatic heterocycles. The fraction of sp³-hybridized carbons (Fsp3) is 0.346. The molecule has 0 N–H and O–H groups in total. The van der Waals surface area contributed by atoms with E-state index >= 15 is 0 Å². The van der Waals surface area contributed by atoms with E-state index in [1.165, 1.54) is 4.68 Å². The van der Waals surface area contributed by atoms with Crippen LogP contribution in [-0.2, 0) is 17.9 Å². The zero-order valence-electron chi connectivity index (χ0n) is 18.9. The van der Waals surface area contributed by atoms with Crippen molar-refractivity contribution >= 4 is 39.3 Å². The van der Waals surface area contributed by atoms with Gasteiger partial charge < -0.3 is 9.47 Å². The Morgan fingerprint density at radius 1 is 1.03 bits per heavy atom. The molecule has 1 aliphatic heterocycles. The highest BCUT2D eigenvalue weighted by molar-refractivity contribution is 6.30. The molecule has 3 heterocycles. The second-order valence-corrected chi connectivity index (χ2v) is 9.78. The molecule has 2 atom stereocenters. The fourth-order valence-electron chi connectivity index (χ4n) is 5.14. The van der Waals surface area contributed by atoms with E-state index in [1.54, 1.807) is 6.20 Å². The molecule has 0 spiro atoms. The number of rotatable bonds is 4. The molecule has 33 heavy (non-hydrogen) atoms. The molecule has 6 nitrogen and oxygen atoms in total. The van der Waals surface area contributed by atoms with E-state index in [2.05, 4.69) is 18.9 Å². The van der Waals surface area contributed by atoms with Crippen LogP contribution in [0.1, 0.15) is 25.8 Å².